The topological polar surface area (TPSA) is 69.6 Å². The number of aromatic carboxylic acids is 1. The lowest BCUT2D eigenvalue weighted by atomic mass is 10.1. The zero-order chi connectivity index (χ0) is 13.0. The van der Waals surface area contributed by atoms with Crippen molar-refractivity contribution in [2.75, 3.05) is 26.0 Å². The van der Waals surface area contributed by atoms with Crippen molar-refractivity contribution in [2.45, 2.75) is 6.92 Å². The van der Waals surface area contributed by atoms with E-state index in [1.807, 2.05) is 0 Å². The van der Waals surface area contributed by atoms with E-state index >= 15 is 0 Å². The van der Waals surface area contributed by atoms with E-state index in [-0.39, 0.29) is 11.5 Å². The molecule has 0 bridgehead atoms. The molecule has 5 heteroatoms. The van der Waals surface area contributed by atoms with Gasteiger partial charge >= 0.3 is 5.97 Å². The van der Waals surface area contributed by atoms with Crippen molar-refractivity contribution < 1.29 is 14.7 Å². The first kappa shape index (κ1) is 13.2. The Labute approximate surface area is 100 Å². The van der Waals surface area contributed by atoms with Gasteiger partial charge in [0.2, 0.25) is 5.91 Å². The lowest BCUT2D eigenvalue weighted by molar-refractivity contribution is -0.116. The quantitative estimate of drug-likeness (QED) is 0.824. The summed E-state index contributed by atoms with van der Waals surface area (Å²) in [4.78, 5) is 24.0. The number of aryl methyl sites for hydroxylation is 1. The van der Waals surface area contributed by atoms with Crippen LogP contribution in [0.1, 0.15) is 15.9 Å². The lowest BCUT2D eigenvalue weighted by Gasteiger charge is -2.12. The Morgan fingerprint density at radius 2 is 2.00 bits per heavy atom. The first-order valence-electron chi connectivity index (χ1n) is 5.18. The molecule has 0 spiro atoms. The zero-order valence-electron chi connectivity index (χ0n) is 10.2. The highest BCUT2D eigenvalue weighted by atomic mass is 16.4. The number of carboxylic acids is 1. The summed E-state index contributed by atoms with van der Waals surface area (Å²) in [6.45, 7) is 2.05. The normalized spacial score (nSPS) is 10.4. The summed E-state index contributed by atoms with van der Waals surface area (Å²) in [5.41, 5.74) is 1.59. The summed E-state index contributed by atoms with van der Waals surface area (Å²) < 4.78 is 0. The van der Waals surface area contributed by atoms with Crippen molar-refractivity contribution in [2.24, 2.45) is 0 Å². The molecule has 1 aromatic rings. The minimum Gasteiger partial charge on any atom is -0.478 e. The van der Waals surface area contributed by atoms with Gasteiger partial charge in [-0.25, -0.2) is 4.79 Å². The predicted molar refractivity (Wildman–Crippen MR) is 65.3 cm³/mol. The first-order chi connectivity index (χ1) is 7.90. The van der Waals surface area contributed by atoms with Gasteiger partial charge in [0.1, 0.15) is 0 Å². The summed E-state index contributed by atoms with van der Waals surface area (Å²) in [6.07, 6.45) is 0. The second-order valence-electron chi connectivity index (χ2n) is 4.12. The van der Waals surface area contributed by atoms with Crippen LogP contribution in [0.4, 0.5) is 5.69 Å². The SMILES string of the molecule is Cc1cc(C(=O)O)ccc1NC(=O)CN(C)C. The van der Waals surface area contributed by atoms with E-state index in [1.54, 1.807) is 32.0 Å². The van der Waals surface area contributed by atoms with Gasteiger partial charge in [-0.2, -0.15) is 0 Å². The maximum Gasteiger partial charge on any atom is 0.335 e. The molecule has 0 saturated heterocycles. The molecule has 0 fully saturated rings. The third-order valence-corrected chi connectivity index (χ3v) is 2.21. The van der Waals surface area contributed by atoms with E-state index in [1.165, 1.54) is 12.1 Å². The number of amides is 1. The largest absolute Gasteiger partial charge is 0.478 e. The standard InChI is InChI=1S/C12H16N2O3/c1-8-6-9(12(16)17)4-5-10(8)13-11(15)7-14(2)3/h4-6H,7H2,1-3H3,(H,13,15)(H,16,17). The Morgan fingerprint density at radius 3 is 2.47 bits per heavy atom. The number of carboxylic acid groups (broad SMARTS) is 1. The number of anilines is 1. The molecule has 0 unspecified atom stereocenters. The van der Waals surface area contributed by atoms with Crippen molar-refractivity contribution in [3.05, 3.63) is 29.3 Å². The molecule has 0 heterocycles. The first-order valence-corrected chi connectivity index (χ1v) is 5.18. The average Bonchev–Trinajstić information content (AvgIpc) is 2.19. The fourth-order valence-electron chi connectivity index (χ4n) is 1.41. The van der Waals surface area contributed by atoms with E-state index < -0.39 is 5.97 Å². The maximum absolute atomic E-state index is 11.5. The van der Waals surface area contributed by atoms with Crippen LogP contribution in [0, 0.1) is 6.92 Å². The van der Waals surface area contributed by atoms with Gasteiger partial charge in [0.05, 0.1) is 12.1 Å². The highest BCUT2D eigenvalue weighted by Gasteiger charge is 2.08. The number of hydrogen-bond donors (Lipinski definition) is 2. The molecule has 92 valence electrons. The molecule has 0 saturated carbocycles. The van der Waals surface area contributed by atoms with Gasteiger partial charge in [-0.1, -0.05) is 0 Å². The Balaban J connectivity index is 2.79. The van der Waals surface area contributed by atoms with Crippen molar-refractivity contribution >= 4 is 17.6 Å². The molecule has 0 radical (unpaired) electrons. The summed E-state index contributed by atoms with van der Waals surface area (Å²) in [5.74, 6) is -1.10. The molecule has 2 N–H and O–H groups in total. The van der Waals surface area contributed by atoms with Gasteiger partial charge in [0.25, 0.3) is 0 Å². The van der Waals surface area contributed by atoms with Crippen LogP contribution < -0.4 is 5.32 Å². The third kappa shape index (κ3) is 3.88. The number of nitrogens with zero attached hydrogens (tertiary/aromatic N) is 1. The maximum atomic E-state index is 11.5. The van der Waals surface area contributed by atoms with Crippen molar-refractivity contribution in [1.82, 2.24) is 4.90 Å². The van der Waals surface area contributed by atoms with E-state index in [0.29, 0.717) is 12.2 Å². The molecule has 0 atom stereocenters. The molecule has 5 nitrogen and oxygen atoms in total. The van der Waals surface area contributed by atoms with Crippen LogP contribution in [-0.4, -0.2) is 42.5 Å². The highest BCUT2D eigenvalue weighted by molar-refractivity contribution is 5.94. The number of hydrogen-bond acceptors (Lipinski definition) is 3. The van der Waals surface area contributed by atoms with Crippen LogP contribution in [0.5, 0.6) is 0 Å². The fourth-order valence-corrected chi connectivity index (χ4v) is 1.41. The Kier molecular flexibility index (Phi) is 4.23. The summed E-state index contributed by atoms with van der Waals surface area (Å²) in [7, 11) is 3.61. The van der Waals surface area contributed by atoms with E-state index in [2.05, 4.69) is 5.32 Å². The molecule has 0 aliphatic heterocycles. The second-order valence-corrected chi connectivity index (χ2v) is 4.12. The van der Waals surface area contributed by atoms with Gasteiger partial charge in [0.15, 0.2) is 0 Å². The van der Waals surface area contributed by atoms with Gasteiger partial charge in [-0.05, 0) is 44.8 Å². The fraction of sp³-hybridized carbons (Fsp3) is 0.333. The molecular weight excluding hydrogens is 220 g/mol. The van der Waals surface area contributed by atoms with Gasteiger partial charge in [0, 0.05) is 5.69 Å². The average molecular weight is 236 g/mol. The third-order valence-electron chi connectivity index (χ3n) is 2.21. The number of likely N-dealkylation sites (N-methyl/N-ethyl adjacent to an activating group) is 1. The predicted octanol–water partition coefficient (Wildman–Crippen LogP) is 1.19. The molecular formula is C12H16N2O3. The van der Waals surface area contributed by atoms with E-state index in [4.69, 9.17) is 5.11 Å². The smallest absolute Gasteiger partial charge is 0.335 e. The summed E-state index contributed by atoms with van der Waals surface area (Å²) >= 11 is 0. The van der Waals surface area contributed by atoms with Crippen LogP contribution in [0.25, 0.3) is 0 Å². The van der Waals surface area contributed by atoms with Crippen LogP contribution in [-0.2, 0) is 4.79 Å². The Hall–Kier alpha value is -1.88. The van der Waals surface area contributed by atoms with Crippen molar-refractivity contribution in [3.8, 4) is 0 Å². The zero-order valence-corrected chi connectivity index (χ0v) is 10.2. The molecule has 17 heavy (non-hydrogen) atoms. The molecule has 1 amide bonds. The van der Waals surface area contributed by atoms with Crippen molar-refractivity contribution in [3.63, 3.8) is 0 Å². The minimum absolute atomic E-state index is 0.124. The summed E-state index contributed by atoms with van der Waals surface area (Å²) in [6, 6.07) is 4.61. The van der Waals surface area contributed by atoms with E-state index in [9.17, 15) is 9.59 Å². The van der Waals surface area contributed by atoms with Crippen LogP contribution >= 0.6 is 0 Å². The minimum atomic E-state index is -0.973. The molecule has 0 aliphatic carbocycles. The number of benzene rings is 1. The lowest BCUT2D eigenvalue weighted by Crippen LogP contribution is -2.27. The van der Waals surface area contributed by atoms with Gasteiger partial charge in [-0.3, -0.25) is 4.79 Å². The number of nitrogens with one attached hydrogen (secondary N) is 1. The molecule has 0 aliphatic rings. The van der Waals surface area contributed by atoms with Gasteiger partial charge < -0.3 is 15.3 Å². The molecule has 1 rings (SSSR count). The molecule has 0 aromatic heterocycles. The van der Waals surface area contributed by atoms with Crippen LogP contribution in [0.3, 0.4) is 0 Å². The monoisotopic (exact) mass is 236 g/mol. The number of rotatable bonds is 4. The highest BCUT2D eigenvalue weighted by Crippen LogP contribution is 2.16. The second kappa shape index (κ2) is 5.45. The summed E-state index contributed by atoms with van der Waals surface area (Å²) in [5, 5.41) is 11.5. The van der Waals surface area contributed by atoms with E-state index in [0.717, 1.165) is 5.56 Å². The Morgan fingerprint density at radius 1 is 1.35 bits per heavy atom. The number of carbonyl (C=O) groups is 2. The van der Waals surface area contributed by atoms with Crippen LogP contribution in [0.15, 0.2) is 18.2 Å². The Bertz CT molecular complexity index is 441. The van der Waals surface area contributed by atoms with Crippen molar-refractivity contribution in [1.29, 1.82) is 0 Å². The number of carbonyl (C=O) groups excluding carboxylic acids is 1. The van der Waals surface area contributed by atoms with Crippen LogP contribution in [0.2, 0.25) is 0 Å². The van der Waals surface area contributed by atoms with Gasteiger partial charge in [-0.15, -0.1) is 0 Å². The molecule has 1 aromatic carbocycles.